The van der Waals surface area contributed by atoms with Crippen molar-refractivity contribution in [2.24, 2.45) is 0 Å². The van der Waals surface area contributed by atoms with Crippen molar-refractivity contribution in [3.05, 3.63) is 84.4 Å². The lowest BCUT2D eigenvalue weighted by Gasteiger charge is -2.20. The Morgan fingerprint density at radius 3 is 2.55 bits per heavy atom. The van der Waals surface area contributed by atoms with Gasteiger partial charge in [0.2, 0.25) is 0 Å². The molecule has 1 aliphatic rings. The van der Waals surface area contributed by atoms with Gasteiger partial charge in [-0.25, -0.2) is 0 Å². The molecule has 0 saturated carbocycles. The van der Waals surface area contributed by atoms with E-state index in [0.29, 0.717) is 28.5 Å². The van der Waals surface area contributed by atoms with Crippen LogP contribution in [0.2, 0.25) is 0 Å². The molecule has 0 aliphatic carbocycles. The lowest BCUT2D eigenvalue weighted by atomic mass is 10.1. The van der Waals surface area contributed by atoms with E-state index in [2.05, 4.69) is 5.32 Å². The number of nitrogens with one attached hydrogen (secondary N) is 1. The highest BCUT2D eigenvalue weighted by atomic mass is 16.5. The van der Waals surface area contributed by atoms with Crippen molar-refractivity contribution in [1.82, 2.24) is 5.32 Å². The number of carbonyl (C=O) groups excluding carboxylic acids is 2. The van der Waals surface area contributed by atoms with E-state index < -0.39 is 6.04 Å². The number of rotatable bonds is 4. The first-order valence-corrected chi connectivity index (χ1v) is 9.25. The standard InChI is InChI=1S/C23H20N2O4/c1-25-20-12-5-6-13-21(20)28-15-19(23(25)27)24-22(26)16-8-7-11-18(14-16)29-17-9-3-2-4-10-17/h2-14,19H,15H2,1H3,(H,24,26). The van der Waals surface area contributed by atoms with Gasteiger partial charge in [0.25, 0.3) is 11.8 Å². The normalized spacial score (nSPS) is 15.7. The summed E-state index contributed by atoms with van der Waals surface area (Å²) < 4.78 is 11.5. The number of anilines is 1. The highest BCUT2D eigenvalue weighted by Gasteiger charge is 2.30. The van der Waals surface area contributed by atoms with Gasteiger partial charge in [-0.05, 0) is 42.5 Å². The van der Waals surface area contributed by atoms with E-state index in [4.69, 9.17) is 9.47 Å². The predicted octanol–water partition coefficient (Wildman–Crippen LogP) is 3.63. The first kappa shape index (κ1) is 18.6. The quantitative estimate of drug-likeness (QED) is 0.741. The molecule has 1 atom stereocenters. The second-order valence-corrected chi connectivity index (χ2v) is 6.64. The predicted molar refractivity (Wildman–Crippen MR) is 110 cm³/mol. The second kappa shape index (κ2) is 8.06. The van der Waals surface area contributed by atoms with Crippen molar-refractivity contribution in [1.29, 1.82) is 0 Å². The van der Waals surface area contributed by atoms with Crippen molar-refractivity contribution in [3.63, 3.8) is 0 Å². The van der Waals surface area contributed by atoms with Gasteiger partial charge in [0.1, 0.15) is 29.9 Å². The number of amides is 2. The number of carbonyl (C=O) groups is 2. The summed E-state index contributed by atoms with van der Waals surface area (Å²) in [4.78, 5) is 27.1. The molecule has 2 amide bonds. The van der Waals surface area contributed by atoms with Crippen LogP contribution in [0.5, 0.6) is 17.2 Å². The highest BCUT2D eigenvalue weighted by molar-refractivity contribution is 6.03. The molecular formula is C23H20N2O4. The molecule has 0 saturated heterocycles. The molecular weight excluding hydrogens is 368 g/mol. The maximum Gasteiger partial charge on any atom is 0.252 e. The molecule has 0 radical (unpaired) electrons. The summed E-state index contributed by atoms with van der Waals surface area (Å²) in [6.07, 6.45) is 0. The van der Waals surface area contributed by atoms with Crippen molar-refractivity contribution < 1.29 is 19.1 Å². The Balaban J connectivity index is 1.48. The Morgan fingerprint density at radius 1 is 1.00 bits per heavy atom. The number of nitrogens with zero attached hydrogens (tertiary/aromatic N) is 1. The zero-order chi connectivity index (χ0) is 20.2. The molecule has 1 N–H and O–H groups in total. The van der Waals surface area contributed by atoms with Crippen LogP contribution in [0.15, 0.2) is 78.9 Å². The second-order valence-electron chi connectivity index (χ2n) is 6.64. The zero-order valence-electron chi connectivity index (χ0n) is 15.9. The van der Waals surface area contributed by atoms with Crippen LogP contribution < -0.4 is 19.7 Å². The van der Waals surface area contributed by atoms with E-state index >= 15 is 0 Å². The molecule has 29 heavy (non-hydrogen) atoms. The molecule has 1 heterocycles. The largest absolute Gasteiger partial charge is 0.489 e. The van der Waals surface area contributed by atoms with Crippen LogP contribution in [0.1, 0.15) is 10.4 Å². The third kappa shape index (κ3) is 4.06. The summed E-state index contributed by atoms with van der Waals surface area (Å²) >= 11 is 0. The topological polar surface area (TPSA) is 67.9 Å². The number of para-hydroxylation sites is 3. The van der Waals surface area contributed by atoms with Gasteiger partial charge in [0.15, 0.2) is 0 Å². The summed E-state index contributed by atoms with van der Waals surface area (Å²) in [5.74, 6) is 1.22. The van der Waals surface area contributed by atoms with E-state index in [0.717, 1.165) is 0 Å². The van der Waals surface area contributed by atoms with Gasteiger partial charge in [0, 0.05) is 12.6 Å². The first-order valence-electron chi connectivity index (χ1n) is 9.25. The monoisotopic (exact) mass is 388 g/mol. The van der Waals surface area contributed by atoms with Crippen LogP contribution in [0.3, 0.4) is 0 Å². The van der Waals surface area contributed by atoms with Gasteiger partial charge in [-0.15, -0.1) is 0 Å². The Labute approximate surface area is 168 Å². The smallest absolute Gasteiger partial charge is 0.252 e. The zero-order valence-corrected chi connectivity index (χ0v) is 15.9. The molecule has 1 unspecified atom stereocenters. The van der Waals surface area contributed by atoms with Gasteiger partial charge in [-0.2, -0.15) is 0 Å². The van der Waals surface area contributed by atoms with Crippen molar-refractivity contribution in [3.8, 4) is 17.2 Å². The van der Waals surface area contributed by atoms with E-state index in [-0.39, 0.29) is 18.4 Å². The Kier molecular flexibility index (Phi) is 5.16. The van der Waals surface area contributed by atoms with Crippen LogP contribution in [0.25, 0.3) is 0 Å². The van der Waals surface area contributed by atoms with Gasteiger partial charge in [0.05, 0.1) is 5.69 Å². The molecule has 6 heteroatoms. The molecule has 0 bridgehead atoms. The third-order valence-corrected chi connectivity index (χ3v) is 4.64. The van der Waals surface area contributed by atoms with Gasteiger partial charge >= 0.3 is 0 Å². The van der Waals surface area contributed by atoms with Gasteiger partial charge in [-0.1, -0.05) is 36.4 Å². The van der Waals surface area contributed by atoms with Crippen LogP contribution in [-0.2, 0) is 4.79 Å². The molecule has 3 aromatic carbocycles. The SMILES string of the molecule is CN1C(=O)C(NC(=O)c2cccc(Oc3ccccc3)c2)COc2ccccc21. The van der Waals surface area contributed by atoms with E-state index in [1.54, 1.807) is 37.4 Å². The van der Waals surface area contributed by atoms with Crippen LogP contribution in [0.4, 0.5) is 5.69 Å². The minimum absolute atomic E-state index is 0.0616. The number of fused-ring (bicyclic) bond motifs is 1. The fourth-order valence-electron chi connectivity index (χ4n) is 3.12. The minimum Gasteiger partial charge on any atom is -0.489 e. The number of hydrogen-bond acceptors (Lipinski definition) is 4. The molecule has 146 valence electrons. The average Bonchev–Trinajstić information content (AvgIpc) is 2.87. The van der Waals surface area contributed by atoms with Crippen LogP contribution in [-0.4, -0.2) is 31.5 Å². The summed E-state index contributed by atoms with van der Waals surface area (Å²) in [7, 11) is 1.67. The number of likely N-dealkylation sites (N-methyl/N-ethyl adjacent to an activating group) is 1. The van der Waals surface area contributed by atoms with E-state index in [9.17, 15) is 9.59 Å². The van der Waals surface area contributed by atoms with Crippen LogP contribution >= 0.6 is 0 Å². The molecule has 0 fully saturated rings. The Morgan fingerprint density at radius 2 is 1.72 bits per heavy atom. The fourth-order valence-corrected chi connectivity index (χ4v) is 3.12. The summed E-state index contributed by atoms with van der Waals surface area (Å²) in [6.45, 7) is 0.0616. The maximum absolute atomic E-state index is 12.8. The summed E-state index contributed by atoms with van der Waals surface area (Å²) in [6, 6.07) is 22.6. The minimum atomic E-state index is -0.793. The Hall–Kier alpha value is -3.80. The van der Waals surface area contributed by atoms with Gasteiger partial charge < -0.3 is 19.7 Å². The molecule has 6 nitrogen and oxygen atoms in total. The molecule has 0 spiro atoms. The molecule has 0 aromatic heterocycles. The van der Waals surface area contributed by atoms with Crippen molar-refractivity contribution in [2.75, 3.05) is 18.6 Å². The highest BCUT2D eigenvalue weighted by Crippen LogP contribution is 2.30. The summed E-state index contributed by atoms with van der Waals surface area (Å²) in [5, 5.41) is 2.77. The number of ether oxygens (including phenoxy) is 2. The van der Waals surface area contributed by atoms with Gasteiger partial charge in [-0.3, -0.25) is 9.59 Å². The van der Waals surface area contributed by atoms with Crippen molar-refractivity contribution in [2.45, 2.75) is 6.04 Å². The van der Waals surface area contributed by atoms with E-state index in [1.807, 2.05) is 48.5 Å². The average molecular weight is 388 g/mol. The maximum atomic E-state index is 12.8. The van der Waals surface area contributed by atoms with Crippen LogP contribution in [0, 0.1) is 0 Å². The molecule has 1 aliphatic heterocycles. The summed E-state index contributed by atoms with van der Waals surface area (Å²) in [5.41, 5.74) is 1.07. The fraction of sp³-hybridized carbons (Fsp3) is 0.130. The lowest BCUT2D eigenvalue weighted by molar-refractivity contribution is -0.120. The third-order valence-electron chi connectivity index (χ3n) is 4.64. The number of benzene rings is 3. The van der Waals surface area contributed by atoms with E-state index in [1.165, 1.54) is 4.90 Å². The number of hydrogen-bond donors (Lipinski definition) is 1. The molecule has 4 rings (SSSR count). The Bertz CT molecular complexity index is 1040. The first-order chi connectivity index (χ1) is 14.1. The molecule has 3 aromatic rings. The van der Waals surface area contributed by atoms with Crippen molar-refractivity contribution >= 4 is 17.5 Å². The lowest BCUT2D eigenvalue weighted by Crippen LogP contribution is -2.49.